The standard InChI is InChI=1S/C23H30N6O3S/c1-4-5-6-10-15-24-21-27-22(25-18-11-8-7-9-12-18)29-23(28-21)26-19-14-13-17(2)20(16-19)33(30,31)32-3/h7-9,11-14,16H,4-6,10,15H2,1-3H3,(H3,24,25,26,27,28,29). The Bertz CT molecular complexity index is 1160. The van der Waals surface area contributed by atoms with E-state index in [9.17, 15) is 8.42 Å². The zero-order chi connectivity index (χ0) is 23.7. The quantitative estimate of drug-likeness (QED) is 0.248. The average Bonchev–Trinajstić information content (AvgIpc) is 2.80. The second kappa shape index (κ2) is 11.6. The molecule has 1 aromatic heterocycles. The zero-order valence-corrected chi connectivity index (χ0v) is 19.9. The summed E-state index contributed by atoms with van der Waals surface area (Å²) in [6, 6.07) is 14.5. The fraction of sp³-hybridized carbons (Fsp3) is 0.348. The number of aryl methyl sites for hydroxylation is 1. The van der Waals surface area contributed by atoms with E-state index in [1.54, 1.807) is 19.1 Å². The highest BCUT2D eigenvalue weighted by Gasteiger charge is 2.17. The van der Waals surface area contributed by atoms with Gasteiger partial charge in [0.05, 0.1) is 12.0 Å². The highest BCUT2D eigenvalue weighted by molar-refractivity contribution is 7.86. The molecule has 3 rings (SSSR count). The van der Waals surface area contributed by atoms with Crippen LogP contribution in [-0.2, 0) is 14.3 Å². The smallest absolute Gasteiger partial charge is 0.297 e. The second-order valence-electron chi connectivity index (χ2n) is 7.51. The van der Waals surface area contributed by atoms with Crippen LogP contribution in [0.15, 0.2) is 53.4 Å². The van der Waals surface area contributed by atoms with Crippen LogP contribution in [0.5, 0.6) is 0 Å². The first-order valence-electron chi connectivity index (χ1n) is 10.9. The lowest BCUT2D eigenvalue weighted by Crippen LogP contribution is -2.11. The molecule has 0 amide bonds. The van der Waals surface area contributed by atoms with Gasteiger partial charge in [-0.2, -0.15) is 23.4 Å². The molecule has 3 N–H and O–H groups in total. The number of unbranched alkanes of at least 4 members (excludes halogenated alkanes) is 3. The summed E-state index contributed by atoms with van der Waals surface area (Å²) in [7, 11) is -2.70. The van der Waals surface area contributed by atoms with Crippen molar-refractivity contribution in [3.63, 3.8) is 0 Å². The van der Waals surface area contributed by atoms with Gasteiger partial charge in [0.25, 0.3) is 10.1 Å². The van der Waals surface area contributed by atoms with Crippen molar-refractivity contribution in [2.75, 3.05) is 29.6 Å². The van der Waals surface area contributed by atoms with Gasteiger partial charge in [-0.25, -0.2) is 0 Å². The van der Waals surface area contributed by atoms with Gasteiger partial charge in [-0.15, -0.1) is 0 Å². The van der Waals surface area contributed by atoms with Crippen LogP contribution in [0.1, 0.15) is 38.2 Å². The number of rotatable bonds is 12. The van der Waals surface area contributed by atoms with Crippen LogP contribution in [0.3, 0.4) is 0 Å². The van der Waals surface area contributed by atoms with Crippen molar-refractivity contribution in [1.82, 2.24) is 15.0 Å². The predicted molar refractivity (Wildman–Crippen MR) is 131 cm³/mol. The summed E-state index contributed by atoms with van der Waals surface area (Å²) in [5.74, 6) is 1.08. The summed E-state index contributed by atoms with van der Waals surface area (Å²) < 4.78 is 29.1. The van der Waals surface area contributed by atoms with E-state index in [-0.39, 0.29) is 10.8 Å². The summed E-state index contributed by atoms with van der Waals surface area (Å²) in [4.78, 5) is 13.5. The molecule has 9 nitrogen and oxygen atoms in total. The van der Waals surface area contributed by atoms with Crippen LogP contribution < -0.4 is 16.0 Å². The molecule has 10 heteroatoms. The Morgan fingerprint density at radius 1 is 0.848 bits per heavy atom. The number of benzene rings is 2. The SMILES string of the molecule is CCCCCCNc1nc(Nc2ccccc2)nc(Nc2ccc(C)c(S(=O)(=O)OC)c2)n1. The van der Waals surface area contributed by atoms with Crippen molar-refractivity contribution >= 4 is 39.3 Å². The first kappa shape index (κ1) is 24.4. The van der Waals surface area contributed by atoms with Crippen LogP contribution in [0.2, 0.25) is 0 Å². The Morgan fingerprint density at radius 3 is 2.18 bits per heavy atom. The van der Waals surface area contributed by atoms with Crippen molar-refractivity contribution < 1.29 is 12.6 Å². The first-order valence-corrected chi connectivity index (χ1v) is 12.3. The van der Waals surface area contributed by atoms with Crippen molar-refractivity contribution in [3.8, 4) is 0 Å². The second-order valence-corrected chi connectivity index (χ2v) is 9.19. The average molecular weight is 471 g/mol. The predicted octanol–water partition coefficient (Wildman–Crippen LogP) is 4.99. The molecule has 0 unspecified atom stereocenters. The minimum Gasteiger partial charge on any atom is -0.354 e. The molecular formula is C23H30N6O3S. The maximum atomic E-state index is 12.2. The van der Waals surface area contributed by atoms with E-state index in [0.29, 0.717) is 23.1 Å². The van der Waals surface area contributed by atoms with Gasteiger partial charge >= 0.3 is 0 Å². The van der Waals surface area contributed by atoms with Crippen molar-refractivity contribution in [1.29, 1.82) is 0 Å². The minimum atomic E-state index is -3.84. The molecule has 0 aliphatic heterocycles. The van der Waals surface area contributed by atoms with E-state index in [0.717, 1.165) is 32.2 Å². The van der Waals surface area contributed by atoms with Gasteiger partial charge < -0.3 is 16.0 Å². The fourth-order valence-corrected chi connectivity index (χ4v) is 4.05. The number of anilines is 5. The van der Waals surface area contributed by atoms with Gasteiger partial charge in [-0.1, -0.05) is 50.5 Å². The lowest BCUT2D eigenvalue weighted by molar-refractivity contribution is 0.397. The fourth-order valence-electron chi connectivity index (χ4n) is 3.14. The van der Waals surface area contributed by atoms with Gasteiger partial charge in [-0.3, -0.25) is 4.18 Å². The molecule has 0 saturated carbocycles. The highest BCUT2D eigenvalue weighted by atomic mass is 32.2. The van der Waals surface area contributed by atoms with Crippen LogP contribution in [-0.4, -0.2) is 37.0 Å². The molecule has 3 aromatic rings. The van der Waals surface area contributed by atoms with Gasteiger partial charge in [0.2, 0.25) is 17.8 Å². The third kappa shape index (κ3) is 7.13. The number of hydrogen-bond donors (Lipinski definition) is 3. The Kier molecular flexibility index (Phi) is 8.56. The van der Waals surface area contributed by atoms with E-state index in [4.69, 9.17) is 0 Å². The summed E-state index contributed by atoms with van der Waals surface area (Å²) in [6.07, 6.45) is 4.50. The van der Waals surface area contributed by atoms with E-state index in [2.05, 4.69) is 42.0 Å². The monoisotopic (exact) mass is 470 g/mol. The summed E-state index contributed by atoms with van der Waals surface area (Å²) >= 11 is 0. The van der Waals surface area contributed by atoms with Gasteiger partial charge in [0.1, 0.15) is 0 Å². The lowest BCUT2D eigenvalue weighted by Gasteiger charge is -2.13. The third-order valence-corrected chi connectivity index (χ3v) is 6.33. The van der Waals surface area contributed by atoms with Crippen molar-refractivity contribution in [2.45, 2.75) is 44.4 Å². The molecule has 0 fully saturated rings. The number of nitrogens with zero attached hydrogens (tertiary/aromatic N) is 3. The third-order valence-electron chi connectivity index (χ3n) is 4.91. The van der Waals surface area contributed by atoms with Crippen LogP contribution in [0, 0.1) is 6.92 Å². The normalized spacial score (nSPS) is 11.2. The first-order chi connectivity index (χ1) is 15.9. The number of hydrogen-bond acceptors (Lipinski definition) is 9. The molecule has 33 heavy (non-hydrogen) atoms. The molecule has 1 heterocycles. The molecule has 0 aliphatic carbocycles. The van der Waals surface area contributed by atoms with E-state index in [1.807, 2.05) is 30.3 Å². The lowest BCUT2D eigenvalue weighted by atomic mass is 10.2. The highest BCUT2D eigenvalue weighted by Crippen LogP contribution is 2.24. The zero-order valence-electron chi connectivity index (χ0n) is 19.1. The van der Waals surface area contributed by atoms with Crippen LogP contribution >= 0.6 is 0 Å². The maximum absolute atomic E-state index is 12.2. The van der Waals surface area contributed by atoms with E-state index >= 15 is 0 Å². The Hall–Kier alpha value is -3.24. The van der Waals surface area contributed by atoms with Crippen molar-refractivity contribution in [3.05, 3.63) is 54.1 Å². The van der Waals surface area contributed by atoms with E-state index in [1.165, 1.54) is 18.9 Å². The number of para-hydroxylation sites is 1. The Morgan fingerprint density at radius 2 is 1.52 bits per heavy atom. The molecule has 0 radical (unpaired) electrons. The van der Waals surface area contributed by atoms with Crippen LogP contribution in [0.25, 0.3) is 0 Å². The van der Waals surface area contributed by atoms with E-state index < -0.39 is 10.1 Å². The molecule has 0 atom stereocenters. The minimum absolute atomic E-state index is 0.0842. The van der Waals surface area contributed by atoms with Gasteiger partial charge in [0, 0.05) is 17.9 Å². The molecule has 2 aromatic carbocycles. The summed E-state index contributed by atoms with van der Waals surface area (Å²) in [5.41, 5.74) is 1.94. The molecule has 0 saturated heterocycles. The summed E-state index contributed by atoms with van der Waals surface area (Å²) in [5, 5.41) is 9.51. The topological polar surface area (TPSA) is 118 Å². The molecule has 0 spiro atoms. The number of nitrogens with one attached hydrogen (secondary N) is 3. The summed E-state index contributed by atoms with van der Waals surface area (Å²) in [6.45, 7) is 4.63. The van der Waals surface area contributed by atoms with Crippen LogP contribution in [0.4, 0.5) is 29.2 Å². The van der Waals surface area contributed by atoms with Gasteiger partial charge in [-0.05, 0) is 43.2 Å². The Balaban J connectivity index is 1.86. The molecule has 176 valence electrons. The molecular weight excluding hydrogens is 440 g/mol. The maximum Gasteiger partial charge on any atom is 0.297 e. The number of aromatic nitrogens is 3. The largest absolute Gasteiger partial charge is 0.354 e. The van der Waals surface area contributed by atoms with Gasteiger partial charge in [0.15, 0.2) is 0 Å². The molecule has 0 aliphatic rings. The Labute approximate surface area is 195 Å². The van der Waals surface area contributed by atoms with Crippen molar-refractivity contribution in [2.24, 2.45) is 0 Å². The molecule has 0 bridgehead atoms.